The molecule has 0 bridgehead atoms. The highest BCUT2D eigenvalue weighted by Crippen LogP contribution is 2.34. The van der Waals surface area contributed by atoms with Crippen LogP contribution in [0.2, 0.25) is 10.0 Å². The molecule has 0 saturated carbocycles. The summed E-state index contributed by atoms with van der Waals surface area (Å²) in [6, 6.07) is 8.70. The zero-order valence-corrected chi connectivity index (χ0v) is 10.1. The van der Waals surface area contributed by atoms with Crippen LogP contribution in [0.1, 0.15) is 0 Å². The van der Waals surface area contributed by atoms with Gasteiger partial charge in [0.2, 0.25) is 0 Å². The lowest BCUT2D eigenvalue weighted by Crippen LogP contribution is -1.89. The highest BCUT2D eigenvalue weighted by Gasteiger charge is 2.07. The molecule has 0 aromatic heterocycles. The second kappa shape index (κ2) is 4.82. The summed E-state index contributed by atoms with van der Waals surface area (Å²) in [5, 5.41) is 0.545. The van der Waals surface area contributed by atoms with Gasteiger partial charge in [-0.15, -0.1) is 0 Å². The maximum atomic E-state index is 12.8. The van der Waals surface area contributed by atoms with Crippen molar-refractivity contribution in [2.45, 2.75) is 0 Å². The summed E-state index contributed by atoms with van der Waals surface area (Å²) in [4.78, 5) is 0. The molecule has 0 amide bonds. The quantitative estimate of drug-likeness (QED) is 0.816. The normalized spacial score (nSPS) is 10.3. The zero-order chi connectivity index (χ0) is 12.4. The Morgan fingerprint density at radius 1 is 0.941 bits per heavy atom. The van der Waals surface area contributed by atoms with E-state index in [4.69, 9.17) is 33.7 Å². The Bertz CT molecular complexity index is 511. The first kappa shape index (κ1) is 12.0. The lowest BCUT2D eigenvalue weighted by atomic mass is 10.3. The fraction of sp³-hybridized carbons (Fsp3) is 0. The molecule has 0 unspecified atom stereocenters. The minimum Gasteiger partial charge on any atom is -0.454 e. The summed E-state index contributed by atoms with van der Waals surface area (Å²) >= 11 is 11.8. The van der Waals surface area contributed by atoms with Crippen molar-refractivity contribution in [2.75, 3.05) is 5.73 Å². The van der Waals surface area contributed by atoms with Gasteiger partial charge >= 0.3 is 0 Å². The van der Waals surface area contributed by atoms with E-state index >= 15 is 0 Å². The predicted molar refractivity (Wildman–Crippen MR) is 67.3 cm³/mol. The number of hydrogen-bond donors (Lipinski definition) is 1. The van der Waals surface area contributed by atoms with E-state index in [2.05, 4.69) is 0 Å². The molecule has 2 aromatic carbocycles. The van der Waals surface area contributed by atoms with Crippen LogP contribution >= 0.6 is 23.2 Å². The third kappa shape index (κ3) is 2.81. The average molecular weight is 272 g/mol. The molecule has 0 fully saturated rings. The lowest BCUT2D eigenvalue weighted by molar-refractivity contribution is 0.481. The number of ether oxygens (including phenoxy) is 1. The molecule has 2 N–H and O–H groups in total. The summed E-state index contributed by atoms with van der Waals surface area (Å²) in [5.41, 5.74) is 6.09. The lowest BCUT2D eigenvalue weighted by Gasteiger charge is -2.09. The van der Waals surface area contributed by atoms with E-state index in [-0.39, 0.29) is 5.02 Å². The molecule has 17 heavy (non-hydrogen) atoms. The third-order valence-electron chi connectivity index (χ3n) is 2.07. The van der Waals surface area contributed by atoms with Gasteiger partial charge in [-0.1, -0.05) is 23.2 Å². The van der Waals surface area contributed by atoms with Crippen LogP contribution in [0, 0.1) is 5.82 Å². The van der Waals surface area contributed by atoms with Crippen LogP contribution in [0.4, 0.5) is 10.1 Å². The molecule has 5 heteroatoms. The van der Waals surface area contributed by atoms with E-state index in [9.17, 15) is 4.39 Å². The number of anilines is 1. The molecule has 0 atom stereocenters. The SMILES string of the molecule is Nc1ccc(Oc2ccc(F)cc2Cl)c(Cl)c1. The minimum absolute atomic E-state index is 0.179. The van der Waals surface area contributed by atoms with Crippen molar-refractivity contribution in [3.8, 4) is 11.5 Å². The van der Waals surface area contributed by atoms with Crippen LogP contribution in [0.3, 0.4) is 0 Å². The number of benzene rings is 2. The second-order valence-corrected chi connectivity index (χ2v) is 4.18. The summed E-state index contributed by atoms with van der Waals surface area (Å²) in [5.74, 6) is 0.319. The van der Waals surface area contributed by atoms with Gasteiger partial charge in [-0.2, -0.15) is 0 Å². The van der Waals surface area contributed by atoms with E-state index in [1.54, 1.807) is 18.2 Å². The first-order valence-electron chi connectivity index (χ1n) is 4.74. The maximum absolute atomic E-state index is 12.8. The molecule has 0 aliphatic rings. The fourth-order valence-electron chi connectivity index (χ4n) is 1.28. The monoisotopic (exact) mass is 271 g/mol. The summed E-state index contributed by atoms with van der Waals surface area (Å²) in [6.07, 6.45) is 0. The van der Waals surface area contributed by atoms with Gasteiger partial charge in [0.25, 0.3) is 0 Å². The van der Waals surface area contributed by atoms with Gasteiger partial charge in [-0.05, 0) is 36.4 Å². The Balaban J connectivity index is 2.31. The Morgan fingerprint density at radius 2 is 1.53 bits per heavy atom. The molecular weight excluding hydrogens is 264 g/mol. The van der Waals surface area contributed by atoms with E-state index < -0.39 is 5.82 Å². The maximum Gasteiger partial charge on any atom is 0.146 e. The molecule has 0 saturated heterocycles. The van der Waals surface area contributed by atoms with Gasteiger partial charge in [0.1, 0.15) is 17.3 Å². The highest BCUT2D eigenvalue weighted by atomic mass is 35.5. The van der Waals surface area contributed by atoms with Crippen molar-refractivity contribution in [3.63, 3.8) is 0 Å². The van der Waals surface area contributed by atoms with Gasteiger partial charge in [-0.3, -0.25) is 0 Å². The van der Waals surface area contributed by atoms with Crippen molar-refractivity contribution in [1.29, 1.82) is 0 Å². The topological polar surface area (TPSA) is 35.2 Å². The molecule has 0 aliphatic heterocycles. The van der Waals surface area contributed by atoms with Gasteiger partial charge in [0.15, 0.2) is 0 Å². The van der Waals surface area contributed by atoms with Crippen LogP contribution in [0.5, 0.6) is 11.5 Å². The van der Waals surface area contributed by atoms with Crippen LogP contribution in [-0.2, 0) is 0 Å². The Hall–Kier alpha value is -1.45. The van der Waals surface area contributed by atoms with Crippen molar-refractivity contribution in [1.82, 2.24) is 0 Å². The fourth-order valence-corrected chi connectivity index (χ4v) is 1.71. The molecule has 0 aliphatic carbocycles. The van der Waals surface area contributed by atoms with Crippen molar-refractivity contribution < 1.29 is 9.13 Å². The van der Waals surface area contributed by atoms with Gasteiger partial charge in [0, 0.05) is 5.69 Å². The van der Waals surface area contributed by atoms with E-state index in [0.717, 1.165) is 0 Å². The van der Waals surface area contributed by atoms with Crippen LogP contribution < -0.4 is 10.5 Å². The molecule has 2 rings (SSSR count). The summed E-state index contributed by atoms with van der Waals surface area (Å²) in [7, 11) is 0. The second-order valence-electron chi connectivity index (χ2n) is 3.37. The van der Waals surface area contributed by atoms with Crippen molar-refractivity contribution in [2.24, 2.45) is 0 Å². The molecule has 2 aromatic rings. The minimum atomic E-state index is -0.425. The summed E-state index contributed by atoms with van der Waals surface area (Å²) < 4.78 is 18.3. The Labute approximate surface area is 108 Å². The first-order valence-corrected chi connectivity index (χ1v) is 5.50. The number of halogens is 3. The highest BCUT2D eigenvalue weighted by molar-refractivity contribution is 6.33. The van der Waals surface area contributed by atoms with Gasteiger partial charge in [0.05, 0.1) is 10.0 Å². The molecule has 0 radical (unpaired) electrons. The molecular formula is C12H8Cl2FNO. The largest absolute Gasteiger partial charge is 0.454 e. The standard InChI is InChI=1S/C12H8Cl2FNO/c13-9-5-7(15)1-3-11(9)17-12-4-2-8(16)6-10(12)14/h1-6H,16H2. The molecule has 88 valence electrons. The molecule has 2 nitrogen and oxygen atoms in total. The predicted octanol–water partition coefficient (Wildman–Crippen LogP) is 4.51. The molecule has 0 heterocycles. The number of hydrogen-bond acceptors (Lipinski definition) is 2. The number of rotatable bonds is 2. The third-order valence-corrected chi connectivity index (χ3v) is 2.66. The van der Waals surface area contributed by atoms with Gasteiger partial charge < -0.3 is 10.5 Å². The molecule has 0 spiro atoms. The van der Waals surface area contributed by atoms with E-state index in [1.807, 2.05) is 0 Å². The number of nitrogen functional groups attached to an aromatic ring is 1. The van der Waals surface area contributed by atoms with Crippen LogP contribution in [-0.4, -0.2) is 0 Å². The van der Waals surface area contributed by atoms with Crippen LogP contribution in [0.25, 0.3) is 0 Å². The zero-order valence-electron chi connectivity index (χ0n) is 8.58. The van der Waals surface area contributed by atoms with E-state index in [1.165, 1.54) is 18.2 Å². The van der Waals surface area contributed by atoms with Crippen LogP contribution in [0.15, 0.2) is 36.4 Å². The van der Waals surface area contributed by atoms with Crippen molar-refractivity contribution in [3.05, 3.63) is 52.3 Å². The average Bonchev–Trinajstić information content (AvgIpc) is 2.25. The Kier molecular flexibility index (Phi) is 3.41. The van der Waals surface area contributed by atoms with Crippen molar-refractivity contribution >= 4 is 28.9 Å². The van der Waals surface area contributed by atoms with Gasteiger partial charge in [-0.25, -0.2) is 4.39 Å². The first-order chi connectivity index (χ1) is 8.06. The smallest absolute Gasteiger partial charge is 0.146 e. The summed E-state index contributed by atoms with van der Waals surface area (Å²) in [6.45, 7) is 0. The van der Waals surface area contributed by atoms with E-state index in [0.29, 0.717) is 22.2 Å². The Morgan fingerprint density at radius 3 is 2.12 bits per heavy atom. The number of nitrogens with two attached hydrogens (primary N) is 1.